The van der Waals surface area contributed by atoms with E-state index in [0.717, 1.165) is 22.0 Å². The van der Waals surface area contributed by atoms with E-state index in [1.807, 2.05) is 0 Å². The molecular weight excluding hydrogens is 417 g/mol. The van der Waals surface area contributed by atoms with Gasteiger partial charge >= 0.3 is 6.18 Å². The van der Waals surface area contributed by atoms with E-state index in [1.165, 1.54) is 26.2 Å². The summed E-state index contributed by atoms with van der Waals surface area (Å²) in [5, 5.41) is 6.13. The molecule has 2 rings (SSSR count). The number of hydrogen-bond acceptors (Lipinski definition) is 3. The average molecular weight is 443 g/mol. The first kappa shape index (κ1) is 23.7. The van der Waals surface area contributed by atoms with Gasteiger partial charge in [0, 0.05) is 34.2 Å². The van der Waals surface area contributed by atoms with E-state index in [-0.39, 0.29) is 11.4 Å². The number of nitrogens with zero attached hydrogens (tertiary/aromatic N) is 2. The van der Waals surface area contributed by atoms with E-state index in [0.29, 0.717) is 24.5 Å². The zero-order valence-electron chi connectivity index (χ0n) is 17.0. The number of guanidine groups is 1. The first-order valence-corrected chi connectivity index (χ1v) is 10.6. The van der Waals surface area contributed by atoms with Crippen molar-refractivity contribution in [3.05, 3.63) is 65.2 Å². The Labute approximate surface area is 174 Å². The molecule has 2 N–H and O–H groups in total. The van der Waals surface area contributed by atoms with Crippen LogP contribution < -0.4 is 10.6 Å². The fourth-order valence-corrected chi connectivity index (χ4v) is 3.80. The lowest BCUT2D eigenvalue weighted by Gasteiger charge is -2.17. The molecule has 0 aromatic heterocycles. The lowest BCUT2D eigenvalue weighted by atomic mass is 10.1. The third kappa shape index (κ3) is 6.20. The standard InChI is InChI=1S/C20H25F3N4O2S/c1-24-19(25-13-12-15-8-10-17(11-9-15)20(21,22)23)26-14-16-6-4-5-7-18(16)30(28,29)27(2)3/h4-11H,12-14H2,1-3H3,(H2,24,25,26). The van der Waals surface area contributed by atoms with E-state index in [4.69, 9.17) is 0 Å². The van der Waals surface area contributed by atoms with Crippen molar-refractivity contribution in [3.63, 3.8) is 0 Å². The molecule has 10 heteroatoms. The Bertz CT molecular complexity index is 972. The van der Waals surface area contributed by atoms with E-state index >= 15 is 0 Å². The Morgan fingerprint density at radius 3 is 2.23 bits per heavy atom. The van der Waals surface area contributed by atoms with Crippen molar-refractivity contribution < 1.29 is 21.6 Å². The molecule has 0 spiro atoms. The van der Waals surface area contributed by atoms with Crippen LogP contribution in [0.2, 0.25) is 0 Å². The third-order valence-corrected chi connectivity index (χ3v) is 6.30. The molecule has 0 saturated heterocycles. The van der Waals surface area contributed by atoms with Gasteiger partial charge in [-0.1, -0.05) is 30.3 Å². The van der Waals surface area contributed by atoms with Gasteiger partial charge in [0.1, 0.15) is 0 Å². The smallest absolute Gasteiger partial charge is 0.356 e. The second-order valence-corrected chi connectivity index (χ2v) is 8.81. The molecule has 0 bridgehead atoms. The van der Waals surface area contributed by atoms with Crippen LogP contribution in [0.15, 0.2) is 58.4 Å². The Balaban J connectivity index is 1.94. The number of rotatable bonds is 7. The van der Waals surface area contributed by atoms with Crippen LogP contribution in [0.4, 0.5) is 13.2 Å². The molecule has 2 aromatic rings. The fraction of sp³-hybridized carbons (Fsp3) is 0.350. The lowest BCUT2D eigenvalue weighted by Crippen LogP contribution is -2.38. The molecule has 0 aliphatic rings. The summed E-state index contributed by atoms with van der Waals surface area (Å²) >= 11 is 0. The Kier molecular flexibility index (Phi) is 7.85. The van der Waals surface area contributed by atoms with Gasteiger partial charge in [0.25, 0.3) is 0 Å². The molecule has 164 valence electrons. The van der Waals surface area contributed by atoms with Crippen LogP contribution in [-0.4, -0.2) is 46.4 Å². The molecule has 0 saturated carbocycles. The minimum atomic E-state index is -4.35. The second kappa shape index (κ2) is 9.94. The van der Waals surface area contributed by atoms with Crippen molar-refractivity contribution in [2.24, 2.45) is 4.99 Å². The van der Waals surface area contributed by atoms with Crippen LogP contribution in [0.3, 0.4) is 0 Å². The van der Waals surface area contributed by atoms with Crippen molar-refractivity contribution in [1.29, 1.82) is 0 Å². The highest BCUT2D eigenvalue weighted by Crippen LogP contribution is 2.29. The summed E-state index contributed by atoms with van der Waals surface area (Å²) in [6.07, 6.45) is -3.84. The number of benzene rings is 2. The van der Waals surface area contributed by atoms with Crippen molar-refractivity contribution in [3.8, 4) is 0 Å². The van der Waals surface area contributed by atoms with E-state index in [2.05, 4.69) is 15.6 Å². The van der Waals surface area contributed by atoms with Gasteiger partial charge in [-0.15, -0.1) is 0 Å². The Hall–Kier alpha value is -2.59. The van der Waals surface area contributed by atoms with Crippen molar-refractivity contribution in [1.82, 2.24) is 14.9 Å². The average Bonchev–Trinajstić information content (AvgIpc) is 2.70. The van der Waals surface area contributed by atoms with E-state index in [9.17, 15) is 21.6 Å². The highest BCUT2D eigenvalue weighted by Gasteiger charge is 2.29. The van der Waals surface area contributed by atoms with Crippen LogP contribution in [0.25, 0.3) is 0 Å². The predicted octanol–water partition coefficient (Wildman–Crippen LogP) is 2.86. The Morgan fingerprint density at radius 2 is 1.67 bits per heavy atom. The van der Waals surface area contributed by atoms with E-state index < -0.39 is 21.8 Å². The quantitative estimate of drug-likeness (QED) is 0.511. The third-order valence-electron chi connectivity index (χ3n) is 4.39. The first-order valence-electron chi connectivity index (χ1n) is 9.17. The van der Waals surface area contributed by atoms with Crippen LogP contribution in [0, 0.1) is 0 Å². The summed E-state index contributed by atoms with van der Waals surface area (Å²) in [4.78, 5) is 4.30. The topological polar surface area (TPSA) is 73.8 Å². The SMILES string of the molecule is CN=C(NCCc1ccc(C(F)(F)F)cc1)NCc1ccccc1S(=O)(=O)N(C)C. The molecule has 0 aliphatic carbocycles. The zero-order valence-corrected chi connectivity index (χ0v) is 17.8. The molecule has 0 heterocycles. The summed E-state index contributed by atoms with van der Waals surface area (Å²) in [5.41, 5.74) is 0.674. The van der Waals surface area contributed by atoms with Gasteiger partial charge in [0.15, 0.2) is 5.96 Å². The molecule has 0 unspecified atom stereocenters. The van der Waals surface area contributed by atoms with Gasteiger partial charge in [0.05, 0.1) is 10.5 Å². The molecule has 6 nitrogen and oxygen atoms in total. The van der Waals surface area contributed by atoms with E-state index in [1.54, 1.807) is 31.3 Å². The molecule has 0 fully saturated rings. The van der Waals surface area contributed by atoms with Crippen LogP contribution in [-0.2, 0) is 29.2 Å². The molecule has 0 aliphatic heterocycles. The summed E-state index contributed by atoms with van der Waals surface area (Å²) < 4.78 is 63.9. The summed E-state index contributed by atoms with van der Waals surface area (Å²) in [6.45, 7) is 0.686. The Morgan fingerprint density at radius 1 is 1.03 bits per heavy atom. The monoisotopic (exact) mass is 442 g/mol. The van der Waals surface area contributed by atoms with Crippen molar-refractivity contribution in [2.75, 3.05) is 27.7 Å². The first-order chi connectivity index (χ1) is 14.1. The van der Waals surface area contributed by atoms with Gasteiger partial charge < -0.3 is 10.6 Å². The molecule has 30 heavy (non-hydrogen) atoms. The molecule has 0 atom stereocenters. The highest BCUT2D eigenvalue weighted by molar-refractivity contribution is 7.89. The van der Waals surface area contributed by atoms with Crippen LogP contribution >= 0.6 is 0 Å². The second-order valence-electron chi connectivity index (χ2n) is 6.69. The number of aliphatic imine (C=N–C) groups is 1. The van der Waals surface area contributed by atoms with Crippen molar-refractivity contribution in [2.45, 2.75) is 24.0 Å². The van der Waals surface area contributed by atoms with Gasteiger partial charge in [-0.25, -0.2) is 12.7 Å². The van der Waals surface area contributed by atoms with Gasteiger partial charge in [-0.2, -0.15) is 13.2 Å². The molecule has 0 radical (unpaired) electrons. The molecule has 2 aromatic carbocycles. The normalized spacial score (nSPS) is 12.8. The molecule has 0 amide bonds. The number of nitrogens with one attached hydrogen (secondary N) is 2. The maximum atomic E-state index is 12.6. The maximum absolute atomic E-state index is 12.6. The number of halogens is 3. The largest absolute Gasteiger partial charge is 0.416 e. The summed E-state index contributed by atoms with van der Waals surface area (Å²) in [7, 11) is 0.950. The predicted molar refractivity (Wildman–Crippen MR) is 111 cm³/mol. The zero-order chi connectivity index (χ0) is 22.4. The summed E-state index contributed by atoms with van der Waals surface area (Å²) in [6, 6.07) is 11.7. The van der Waals surface area contributed by atoms with Crippen LogP contribution in [0.1, 0.15) is 16.7 Å². The maximum Gasteiger partial charge on any atom is 0.416 e. The number of sulfonamides is 1. The van der Waals surface area contributed by atoms with Gasteiger partial charge in [-0.05, 0) is 35.7 Å². The molecular formula is C20H25F3N4O2S. The number of alkyl halides is 3. The minimum Gasteiger partial charge on any atom is -0.356 e. The van der Waals surface area contributed by atoms with Gasteiger partial charge in [-0.3, -0.25) is 4.99 Å². The number of hydrogen-bond donors (Lipinski definition) is 2. The fourth-order valence-electron chi connectivity index (χ4n) is 2.68. The van der Waals surface area contributed by atoms with Gasteiger partial charge in [0.2, 0.25) is 10.0 Å². The van der Waals surface area contributed by atoms with Crippen molar-refractivity contribution >= 4 is 16.0 Å². The summed E-state index contributed by atoms with van der Waals surface area (Å²) in [5.74, 6) is 0.457. The highest BCUT2D eigenvalue weighted by atomic mass is 32.2. The lowest BCUT2D eigenvalue weighted by molar-refractivity contribution is -0.137. The van der Waals surface area contributed by atoms with Crippen LogP contribution in [0.5, 0.6) is 0 Å². The minimum absolute atomic E-state index is 0.211.